The van der Waals surface area contributed by atoms with Crippen molar-refractivity contribution in [2.75, 3.05) is 0 Å². The molecule has 26 heavy (non-hydrogen) atoms. The molecule has 2 fully saturated rings. The fourth-order valence-electron chi connectivity index (χ4n) is 2.84. The number of rotatable bonds is 2. The molecule has 1 aromatic rings. The Morgan fingerprint density at radius 1 is 0.962 bits per heavy atom. The Balaban J connectivity index is -0.000000462. The number of benzene rings is 1. The van der Waals surface area contributed by atoms with E-state index in [2.05, 4.69) is 86.0 Å². The van der Waals surface area contributed by atoms with Gasteiger partial charge in [-0.15, -0.1) is 0 Å². The summed E-state index contributed by atoms with van der Waals surface area (Å²) in [7, 11) is 0. The Hall–Kier alpha value is -1.98. The summed E-state index contributed by atoms with van der Waals surface area (Å²) in [4.78, 5) is 0. The van der Waals surface area contributed by atoms with Crippen molar-refractivity contribution in [3.05, 3.63) is 81.8 Å². The molecule has 7 heteroatoms. The molecule has 0 N–H and O–H groups in total. The van der Waals surface area contributed by atoms with E-state index in [1.165, 1.54) is 5.56 Å². The third kappa shape index (κ3) is 7.50. The molecule has 0 radical (unpaired) electrons. The standard InChI is InChI=1S/C14H14O.5CO.Cr/c1-2-12-10-14(12)13(8-9-15-14)11-6-4-3-5-7-11;5*1-2;/h2-7,12-13H,1,8,10H2;;;;;;. The van der Waals surface area contributed by atoms with Gasteiger partial charge in [0.15, 0.2) is 0 Å². The predicted octanol–water partition coefficient (Wildman–Crippen LogP) is 2.62. The molecule has 3 rings (SSSR count). The van der Waals surface area contributed by atoms with Gasteiger partial charge >= 0.3 is 160 Å². The Bertz CT molecular complexity index is 609. The number of hydrogen-bond donors (Lipinski definition) is 0. The first-order valence-electron chi connectivity index (χ1n) is 6.67. The van der Waals surface area contributed by atoms with Crippen molar-refractivity contribution in [2.24, 2.45) is 5.92 Å². The van der Waals surface area contributed by atoms with Crippen LogP contribution in [-0.4, -0.2) is 10.2 Å². The molecule has 1 saturated carbocycles. The first-order valence-corrected chi connectivity index (χ1v) is 7.31. The summed E-state index contributed by atoms with van der Waals surface area (Å²) in [6.45, 7) is 26.4. The zero-order chi connectivity index (χ0) is 21.2. The summed E-state index contributed by atoms with van der Waals surface area (Å²) < 4.78 is 44.6. The Morgan fingerprint density at radius 2 is 1.42 bits per heavy atom. The van der Waals surface area contributed by atoms with Crippen LogP contribution in [0.1, 0.15) is 24.3 Å². The van der Waals surface area contributed by atoms with Crippen molar-refractivity contribution < 1.29 is 43.8 Å². The Labute approximate surface area is 160 Å². The maximum absolute atomic E-state index is 7.50. The molecule has 2 aliphatic rings. The van der Waals surface area contributed by atoms with E-state index in [4.69, 9.17) is 28.0 Å². The van der Waals surface area contributed by atoms with Crippen molar-refractivity contribution in [1.82, 2.24) is 0 Å². The molecule has 0 aromatic heterocycles. The molecule has 3 atom stereocenters. The van der Waals surface area contributed by atoms with E-state index in [9.17, 15) is 0 Å². The van der Waals surface area contributed by atoms with Crippen LogP contribution in [0.15, 0.2) is 43.0 Å². The summed E-state index contributed by atoms with van der Waals surface area (Å²) in [5, 5.41) is 0. The summed E-state index contributed by atoms with van der Waals surface area (Å²) in [5.41, 5.74) is 1.40. The van der Waals surface area contributed by atoms with Crippen LogP contribution in [-0.2, 0) is 43.8 Å². The van der Waals surface area contributed by atoms with Crippen molar-refractivity contribution in [3.63, 3.8) is 0 Å². The van der Waals surface area contributed by atoms with E-state index in [0.29, 0.717) is 11.8 Å². The summed E-state index contributed by atoms with van der Waals surface area (Å²) in [6.07, 6.45) is 4.16. The van der Waals surface area contributed by atoms with Crippen molar-refractivity contribution in [1.29, 1.82) is 0 Å². The van der Waals surface area contributed by atoms with Gasteiger partial charge < -0.3 is 0 Å². The minimum atomic E-state index is 0.0175. The summed E-state index contributed by atoms with van der Waals surface area (Å²) in [6, 6.07) is 10.7. The molecular formula is C19H14CrO6. The van der Waals surface area contributed by atoms with Crippen LogP contribution >= 0.6 is 0 Å². The van der Waals surface area contributed by atoms with E-state index in [1.54, 1.807) is 0 Å². The van der Waals surface area contributed by atoms with E-state index >= 15 is 0 Å². The molecule has 1 aliphatic heterocycles. The number of hydrogen-bond acceptors (Lipinski definition) is 1. The van der Waals surface area contributed by atoms with Crippen molar-refractivity contribution in [3.8, 4) is 0 Å². The molecule has 1 aromatic carbocycles. The zero-order valence-electron chi connectivity index (χ0n) is 13.6. The van der Waals surface area contributed by atoms with Crippen LogP contribution in [0.2, 0.25) is 0 Å². The van der Waals surface area contributed by atoms with Gasteiger partial charge in [-0.05, 0) is 0 Å². The van der Waals surface area contributed by atoms with Crippen LogP contribution in [0.5, 0.6) is 0 Å². The molecule has 3 unspecified atom stereocenters. The summed E-state index contributed by atoms with van der Waals surface area (Å²) in [5.74, 6) is 1.01. The summed E-state index contributed by atoms with van der Waals surface area (Å²) >= 11 is 3.04. The average Bonchev–Trinajstić information content (AvgIpc) is 3.36. The van der Waals surface area contributed by atoms with Gasteiger partial charge in [0.1, 0.15) is 0 Å². The van der Waals surface area contributed by atoms with Crippen molar-refractivity contribution in [2.45, 2.75) is 24.4 Å². The van der Waals surface area contributed by atoms with Gasteiger partial charge in [0.2, 0.25) is 0 Å². The van der Waals surface area contributed by atoms with E-state index < -0.39 is 0 Å². The molecular weight excluding hydrogens is 376 g/mol. The minimum absolute atomic E-state index is 0.0175. The van der Waals surface area contributed by atoms with Gasteiger partial charge in [-0.3, -0.25) is 0 Å². The third-order valence-corrected chi connectivity index (χ3v) is 4.15. The van der Waals surface area contributed by atoms with Crippen LogP contribution in [0.4, 0.5) is 0 Å². The van der Waals surface area contributed by atoms with E-state index in [-0.39, 0.29) is 5.60 Å². The first-order chi connectivity index (χ1) is 12.8. The normalized spacial score (nSPS) is 22.9. The molecule has 132 valence electrons. The maximum atomic E-state index is 7.50. The Morgan fingerprint density at radius 3 is 1.81 bits per heavy atom. The van der Waals surface area contributed by atoms with E-state index in [0.717, 1.165) is 17.4 Å². The molecule has 6 nitrogen and oxygen atoms in total. The monoisotopic (exact) mass is 390 g/mol. The molecule has 1 heterocycles. The first kappa shape index (κ1) is 28.8. The predicted molar refractivity (Wildman–Crippen MR) is 80.6 cm³/mol. The topological polar surface area (TPSA) is 109 Å². The van der Waals surface area contributed by atoms with Gasteiger partial charge in [-0.2, -0.15) is 0 Å². The second kappa shape index (κ2) is 17.8. The Kier molecular flexibility index (Phi) is 19.8. The van der Waals surface area contributed by atoms with Crippen molar-refractivity contribution >= 4 is 4.57 Å². The second-order valence-electron chi connectivity index (χ2n) is 4.64. The van der Waals surface area contributed by atoms with Crippen LogP contribution < -0.4 is 0 Å². The van der Waals surface area contributed by atoms with Gasteiger partial charge in [0, 0.05) is 0 Å². The quantitative estimate of drug-likeness (QED) is 0.432. The van der Waals surface area contributed by atoms with Gasteiger partial charge in [-0.1, -0.05) is 0 Å². The number of ether oxygens (including phenoxy) is 1. The van der Waals surface area contributed by atoms with Crippen LogP contribution in [0.3, 0.4) is 0 Å². The molecule has 1 spiro atoms. The van der Waals surface area contributed by atoms with Gasteiger partial charge in [0.05, 0.1) is 0 Å². The third-order valence-electron chi connectivity index (χ3n) is 3.76. The van der Waals surface area contributed by atoms with E-state index in [1.807, 2.05) is 6.08 Å². The SMILES string of the molecule is C=CC1CC12O[C](=[Cr])CC2c1ccccc1.[C-]#[O+].[C-]#[O+].[C-]#[O+].[C-]#[O+].[C-]#[O+]. The molecule has 0 bridgehead atoms. The zero-order valence-corrected chi connectivity index (χ0v) is 14.9. The van der Waals surface area contributed by atoms with Crippen LogP contribution in [0.25, 0.3) is 0 Å². The molecule has 1 aliphatic carbocycles. The van der Waals surface area contributed by atoms with Crippen LogP contribution in [0, 0.1) is 39.2 Å². The van der Waals surface area contributed by atoms with Gasteiger partial charge in [-0.25, -0.2) is 0 Å². The molecule has 0 amide bonds. The fourth-order valence-corrected chi connectivity index (χ4v) is 3.34. The van der Waals surface area contributed by atoms with Gasteiger partial charge in [0.25, 0.3) is 0 Å². The fraction of sp³-hybridized carbons (Fsp3) is 0.263. The second-order valence-corrected chi connectivity index (χ2v) is 5.35. The molecule has 1 saturated heterocycles. The average molecular weight is 390 g/mol.